The van der Waals surface area contributed by atoms with Gasteiger partial charge in [-0.25, -0.2) is 0 Å². The normalized spacial score (nSPS) is 11.5. The number of rotatable bonds is 3. The number of benzene rings is 2. The summed E-state index contributed by atoms with van der Waals surface area (Å²) in [6, 6.07) is 23.4. The van der Waals surface area contributed by atoms with Crippen molar-refractivity contribution in [3.8, 4) is 6.07 Å². The Morgan fingerprint density at radius 2 is 1.43 bits per heavy atom. The highest BCUT2D eigenvalue weighted by atomic mass is 35.5. The van der Waals surface area contributed by atoms with E-state index in [9.17, 15) is 5.26 Å². The topological polar surface area (TPSA) is 36.7 Å². The predicted octanol–water partition coefficient (Wildman–Crippen LogP) is 5.22. The van der Waals surface area contributed by atoms with Crippen molar-refractivity contribution in [2.45, 2.75) is 0 Å². The molecular formula is C20H13ClN2. The van der Waals surface area contributed by atoms with Crippen molar-refractivity contribution in [2.75, 3.05) is 0 Å². The van der Waals surface area contributed by atoms with E-state index < -0.39 is 0 Å². The fourth-order valence-corrected chi connectivity index (χ4v) is 2.72. The van der Waals surface area contributed by atoms with Gasteiger partial charge in [0.1, 0.15) is 6.07 Å². The van der Waals surface area contributed by atoms with Crippen LogP contribution in [0.15, 0.2) is 79.1 Å². The zero-order chi connectivity index (χ0) is 16.1. The van der Waals surface area contributed by atoms with E-state index in [2.05, 4.69) is 11.1 Å². The number of nitriles is 1. The van der Waals surface area contributed by atoms with Crippen LogP contribution >= 0.6 is 11.6 Å². The smallest absolute Gasteiger partial charge is 0.100 e. The van der Waals surface area contributed by atoms with Crippen LogP contribution in [0.5, 0.6) is 0 Å². The lowest BCUT2D eigenvalue weighted by molar-refractivity contribution is 1.31. The van der Waals surface area contributed by atoms with Crippen LogP contribution in [0.25, 0.3) is 11.1 Å². The Morgan fingerprint density at radius 3 is 2.09 bits per heavy atom. The molecule has 0 spiro atoms. The first kappa shape index (κ1) is 15.0. The Bertz CT molecular complexity index is 837. The standard InChI is InChI=1S/C20H13ClN2/c21-19-9-5-4-8-17(19)18(14-22)20(15-6-2-1-3-7-15)16-10-12-23-13-11-16/h1-13H/b20-18+. The third kappa shape index (κ3) is 3.15. The van der Waals surface area contributed by atoms with E-state index in [1.807, 2.05) is 60.7 Å². The summed E-state index contributed by atoms with van der Waals surface area (Å²) in [7, 11) is 0. The van der Waals surface area contributed by atoms with Gasteiger partial charge in [0.15, 0.2) is 0 Å². The first-order valence-electron chi connectivity index (χ1n) is 7.16. The van der Waals surface area contributed by atoms with E-state index in [1.165, 1.54) is 0 Å². The molecule has 2 nitrogen and oxygen atoms in total. The highest BCUT2D eigenvalue weighted by Crippen LogP contribution is 2.34. The molecule has 3 aromatic rings. The molecule has 0 atom stereocenters. The van der Waals surface area contributed by atoms with E-state index >= 15 is 0 Å². The van der Waals surface area contributed by atoms with Crippen LogP contribution in [0.4, 0.5) is 0 Å². The van der Waals surface area contributed by atoms with Crippen molar-refractivity contribution in [2.24, 2.45) is 0 Å². The monoisotopic (exact) mass is 316 g/mol. The summed E-state index contributed by atoms with van der Waals surface area (Å²) in [4.78, 5) is 4.07. The third-order valence-corrected chi connectivity index (χ3v) is 3.87. The van der Waals surface area contributed by atoms with E-state index in [0.717, 1.165) is 22.3 Å². The second-order valence-corrected chi connectivity index (χ2v) is 5.35. The zero-order valence-corrected chi connectivity index (χ0v) is 13.0. The number of hydrogen-bond acceptors (Lipinski definition) is 2. The van der Waals surface area contributed by atoms with Gasteiger partial charge in [-0.2, -0.15) is 5.26 Å². The maximum absolute atomic E-state index is 9.81. The van der Waals surface area contributed by atoms with Crippen molar-refractivity contribution in [3.63, 3.8) is 0 Å². The van der Waals surface area contributed by atoms with E-state index in [0.29, 0.717) is 10.6 Å². The fraction of sp³-hybridized carbons (Fsp3) is 0. The molecule has 23 heavy (non-hydrogen) atoms. The quantitative estimate of drug-likeness (QED) is 0.491. The van der Waals surface area contributed by atoms with Gasteiger partial charge in [0.05, 0.1) is 5.57 Å². The second-order valence-electron chi connectivity index (χ2n) is 4.94. The Morgan fingerprint density at radius 1 is 0.826 bits per heavy atom. The molecule has 110 valence electrons. The molecule has 0 aliphatic carbocycles. The molecule has 0 bridgehead atoms. The van der Waals surface area contributed by atoms with Crippen LogP contribution in [0.2, 0.25) is 5.02 Å². The summed E-state index contributed by atoms with van der Waals surface area (Å²) in [5.41, 5.74) is 4.03. The van der Waals surface area contributed by atoms with Crippen LogP contribution in [-0.4, -0.2) is 4.98 Å². The Kier molecular flexibility index (Phi) is 4.52. The molecule has 0 unspecified atom stereocenters. The van der Waals surface area contributed by atoms with Gasteiger partial charge in [0.2, 0.25) is 0 Å². The van der Waals surface area contributed by atoms with Gasteiger partial charge in [-0.3, -0.25) is 4.98 Å². The number of pyridine rings is 1. The lowest BCUT2D eigenvalue weighted by Gasteiger charge is -2.13. The molecule has 0 saturated heterocycles. The first-order valence-corrected chi connectivity index (χ1v) is 7.54. The van der Waals surface area contributed by atoms with Gasteiger partial charge in [0, 0.05) is 28.6 Å². The molecule has 0 aliphatic heterocycles. The van der Waals surface area contributed by atoms with Crippen molar-refractivity contribution >= 4 is 22.7 Å². The zero-order valence-electron chi connectivity index (χ0n) is 12.3. The fourth-order valence-electron chi connectivity index (χ4n) is 2.49. The second kappa shape index (κ2) is 6.91. The van der Waals surface area contributed by atoms with Crippen molar-refractivity contribution < 1.29 is 0 Å². The maximum Gasteiger partial charge on any atom is 0.100 e. The van der Waals surface area contributed by atoms with Gasteiger partial charge < -0.3 is 0 Å². The van der Waals surface area contributed by atoms with E-state index in [1.54, 1.807) is 18.5 Å². The Hall–Kier alpha value is -2.89. The van der Waals surface area contributed by atoms with Crippen LogP contribution < -0.4 is 0 Å². The highest BCUT2D eigenvalue weighted by molar-refractivity contribution is 6.33. The lowest BCUT2D eigenvalue weighted by Crippen LogP contribution is -1.94. The molecule has 1 aromatic heterocycles. The lowest BCUT2D eigenvalue weighted by atomic mass is 9.90. The number of halogens is 1. The van der Waals surface area contributed by atoms with Crippen molar-refractivity contribution in [1.82, 2.24) is 4.98 Å². The first-order chi connectivity index (χ1) is 11.3. The molecule has 3 rings (SSSR count). The van der Waals surface area contributed by atoms with Gasteiger partial charge >= 0.3 is 0 Å². The molecule has 1 heterocycles. The van der Waals surface area contributed by atoms with Crippen molar-refractivity contribution in [3.05, 3.63) is 101 Å². The van der Waals surface area contributed by atoms with E-state index in [-0.39, 0.29) is 0 Å². The van der Waals surface area contributed by atoms with Crippen LogP contribution in [0.3, 0.4) is 0 Å². The molecule has 0 amide bonds. The Labute approximate surface area is 140 Å². The van der Waals surface area contributed by atoms with Gasteiger partial charge in [-0.15, -0.1) is 0 Å². The average Bonchev–Trinajstić information content (AvgIpc) is 2.62. The van der Waals surface area contributed by atoms with Crippen molar-refractivity contribution in [1.29, 1.82) is 5.26 Å². The summed E-state index contributed by atoms with van der Waals surface area (Å²) in [5.74, 6) is 0. The number of nitrogens with zero attached hydrogens (tertiary/aromatic N) is 2. The minimum Gasteiger partial charge on any atom is -0.265 e. The molecule has 3 heteroatoms. The van der Waals surface area contributed by atoms with Crippen LogP contribution in [0.1, 0.15) is 16.7 Å². The number of hydrogen-bond donors (Lipinski definition) is 0. The largest absolute Gasteiger partial charge is 0.265 e. The summed E-state index contributed by atoms with van der Waals surface area (Å²) < 4.78 is 0. The van der Waals surface area contributed by atoms with Crippen LogP contribution in [-0.2, 0) is 0 Å². The van der Waals surface area contributed by atoms with Gasteiger partial charge in [0.25, 0.3) is 0 Å². The van der Waals surface area contributed by atoms with Gasteiger partial charge in [-0.1, -0.05) is 60.1 Å². The summed E-state index contributed by atoms with van der Waals surface area (Å²) in [6.07, 6.45) is 3.44. The predicted molar refractivity (Wildman–Crippen MR) is 93.7 cm³/mol. The molecule has 0 radical (unpaired) electrons. The summed E-state index contributed by atoms with van der Waals surface area (Å²) >= 11 is 6.32. The summed E-state index contributed by atoms with van der Waals surface area (Å²) in [6.45, 7) is 0. The highest BCUT2D eigenvalue weighted by Gasteiger charge is 2.15. The molecule has 0 fully saturated rings. The average molecular weight is 317 g/mol. The van der Waals surface area contributed by atoms with Gasteiger partial charge in [-0.05, 0) is 29.3 Å². The molecule has 0 saturated carbocycles. The number of aromatic nitrogens is 1. The minimum atomic E-state index is 0.549. The third-order valence-electron chi connectivity index (χ3n) is 3.54. The van der Waals surface area contributed by atoms with Crippen LogP contribution in [0, 0.1) is 11.3 Å². The molecule has 0 aliphatic rings. The summed E-state index contributed by atoms with van der Waals surface area (Å²) in [5, 5.41) is 10.4. The number of allylic oxidation sites excluding steroid dienone is 1. The SMILES string of the molecule is N#C/C(=C(/c1ccccc1)c1ccncc1)c1ccccc1Cl. The molecular weight excluding hydrogens is 304 g/mol. The molecule has 0 N–H and O–H groups in total. The minimum absolute atomic E-state index is 0.549. The van der Waals surface area contributed by atoms with E-state index in [4.69, 9.17) is 11.6 Å². The Balaban J connectivity index is 2.34. The molecule has 2 aromatic carbocycles. The maximum atomic E-state index is 9.81.